The van der Waals surface area contributed by atoms with Gasteiger partial charge in [0.15, 0.2) is 5.82 Å². The molecule has 29 heavy (non-hydrogen) atoms. The van der Waals surface area contributed by atoms with E-state index in [9.17, 15) is 4.39 Å². The zero-order chi connectivity index (χ0) is 20.5. The van der Waals surface area contributed by atoms with Crippen molar-refractivity contribution >= 4 is 17.3 Å². The molecule has 1 atom stereocenters. The molecule has 8 heteroatoms. The van der Waals surface area contributed by atoms with Crippen molar-refractivity contribution in [2.75, 3.05) is 23.3 Å². The number of rotatable bonds is 5. The van der Waals surface area contributed by atoms with E-state index in [1.54, 1.807) is 6.20 Å². The summed E-state index contributed by atoms with van der Waals surface area (Å²) < 4.78 is 16.5. The average molecular weight is 395 g/mol. The highest BCUT2D eigenvalue weighted by Crippen LogP contribution is 2.27. The minimum absolute atomic E-state index is 0.143. The van der Waals surface area contributed by atoms with Crippen LogP contribution in [0.25, 0.3) is 11.4 Å². The molecular formula is C21H26FN7. The number of nitrogens with two attached hydrogens (primary N) is 1. The van der Waals surface area contributed by atoms with Gasteiger partial charge < -0.3 is 20.5 Å². The van der Waals surface area contributed by atoms with Crippen LogP contribution in [0, 0.1) is 12.7 Å². The predicted octanol–water partition coefficient (Wildman–Crippen LogP) is 3.65. The Hall–Kier alpha value is -3.00. The number of nitrogens with zero attached hydrogens (tertiary/aromatic N) is 5. The highest BCUT2D eigenvalue weighted by Gasteiger charge is 2.20. The Balaban J connectivity index is 1.57. The second-order valence-electron chi connectivity index (χ2n) is 7.71. The molecule has 0 amide bonds. The van der Waals surface area contributed by atoms with Crippen LogP contribution in [0.15, 0.2) is 36.7 Å². The molecule has 1 aromatic carbocycles. The lowest BCUT2D eigenvalue weighted by Gasteiger charge is -2.18. The molecule has 0 aliphatic carbocycles. The number of hydrogen-bond donors (Lipinski definition) is 2. The Kier molecular flexibility index (Phi) is 5.19. The highest BCUT2D eigenvalue weighted by molar-refractivity contribution is 5.62. The van der Waals surface area contributed by atoms with Crippen LogP contribution >= 0.6 is 0 Å². The fourth-order valence-electron chi connectivity index (χ4n) is 3.79. The van der Waals surface area contributed by atoms with Crippen LogP contribution < -0.4 is 16.0 Å². The number of nitrogens with one attached hydrogen (secondary N) is 1. The maximum atomic E-state index is 14.5. The summed E-state index contributed by atoms with van der Waals surface area (Å²) in [5, 5.41) is 3.16. The summed E-state index contributed by atoms with van der Waals surface area (Å²) in [7, 11) is 0. The molecule has 3 aromatic rings. The molecule has 3 heterocycles. The standard InChI is InChI=1S/C21H26FN7/c1-13(2)29-14(3)24-11-19(29)20-18(22)10-25-21(27-20)26-16-4-6-17(7-5-16)28-9-8-15(23)12-28/h4-7,10-11,13,15H,8-9,12,23H2,1-3H3,(H,25,26,27). The van der Waals surface area contributed by atoms with Gasteiger partial charge in [0.1, 0.15) is 11.5 Å². The van der Waals surface area contributed by atoms with Gasteiger partial charge in [-0.2, -0.15) is 0 Å². The largest absolute Gasteiger partial charge is 0.370 e. The van der Waals surface area contributed by atoms with Crippen molar-refractivity contribution in [1.29, 1.82) is 0 Å². The number of imidazole rings is 1. The van der Waals surface area contributed by atoms with E-state index < -0.39 is 5.82 Å². The third kappa shape index (κ3) is 3.93. The third-order valence-electron chi connectivity index (χ3n) is 5.20. The lowest BCUT2D eigenvalue weighted by molar-refractivity contribution is 0.578. The van der Waals surface area contributed by atoms with Crippen LogP contribution in [0.3, 0.4) is 0 Å². The molecule has 2 aromatic heterocycles. The number of hydrogen-bond acceptors (Lipinski definition) is 6. The van der Waals surface area contributed by atoms with Crippen LogP contribution in [0.5, 0.6) is 0 Å². The molecule has 1 fully saturated rings. The Morgan fingerprint density at radius 2 is 1.93 bits per heavy atom. The fourth-order valence-corrected chi connectivity index (χ4v) is 3.79. The van der Waals surface area contributed by atoms with Crippen LogP contribution in [0.1, 0.15) is 32.1 Å². The van der Waals surface area contributed by atoms with E-state index >= 15 is 0 Å². The molecule has 1 aliphatic heterocycles. The molecule has 0 bridgehead atoms. The molecule has 0 spiro atoms. The zero-order valence-corrected chi connectivity index (χ0v) is 16.9. The first-order chi connectivity index (χ1) is 13.9. The second-order valence-corrected chi connectivity index (χ2v) is 7.71. The minimum atomic E-state index is -0.474. The van der Waals surface area contributed by atoms with E-state index in [4.69, 9.17) is 5.73 Å². The summed E-state index contributed by atoms with van der Waals surface area (Å²) in [6, 6.07) is 8.40. The topological polar surface area (TPSA) is 84.9 Å². The van der Waals surface area contributed by atoms with E-state index in [1.807, 2.05) is 49.6 Å². The number of aryl methyl sites for hydroxylation is 1. The van der Waals surface area contributed by atoms with Crippen molar-refractivity contribution in [3.8, 4) is 11.4 Å². The molecule has 0 radical (unpaired) electrons. The average Bonchev–Trinajstić information content (AvgIpc) is 3.29. The Bertz CT molecular complexity index is 997. The van der Waals surface area contributed by atoms with E-state index in [2.05, 4.69) is 25.2 Å². The van der Waals surface area contributed by atoms with Gasteiger partial charge in [-0.05, 0) is 51.5 Å². The maximum absolute atomic E-state index is 14.5. The highest BCUT2D eigenvalue weighted by atomic mass is 19.1. The summed E-state index contributed by atoms with van der Waals surface area (Å²) >= 11 is 0. The summed E-state index contributed by atoms with van der Waals surface area (Å²) in [6.45, 7) is 7.81. The zero-order valence-electron chi connectivity index (χ0n) is 16.9. The normalized spacial score (nSPS) is 16.6. The second kappa shape index (κ2) is 7.79. The SMILES string of the molecule is Cc1ncc(-c2nc(Nc3ccc(N4CCC(N)C4)cc3)ncc2F)n1C(C)C. The van der Waals surface area contributed by atoms with Gasteiger partial charge in [-0.3, -0.25) is 0 Å². The Labute approximate surface area is 169 Å². The number of aromatic nitrogens is 4. The molecular weight excluding hydrogens is 369 g/mol. The molecule has 3 N–H and O–H groups in total. The van der Waals surface area contributed by atoms with Crippen molar-refractivity contribution in [3.63, 3.8) is 0 Å². The summed E-state index contributed by atoms with van der Waals surface area (Å²) in [5.74, 6) is 0.685. The lowest BCUT2D eigenvalue weighted by atomic mass is 10.2. The van der Waals surface area contributed by atoms with E-state index in [0.29, 0.717) is 11.6 Å². The van der Waals surface area contributed by atoms with Gasteiger partial charge in [0.05, 0.1) is 18.1 Å². The molecule has 1 aliphatic rings. The van der Waals surface area contributed by atoms with Crippen LogP contribution in [0.4, 0.5) is 21.7 Å². The number of anilines is 3. The van der Waals surface area contributed by atoms with Crippen molar-refractivity contribution in [3.05, 3.63) is 48.3 Å². The van der Waals surface area contributed by atoms with E-state index in [0.717, 1.165) is 36.7 Å². The van der Waals surface area contributed by atoms with E-state index in [1.165, 1.54) is 6.20 Å². The van der Waals surface area contributed by atoms with Gasteiger partial charge in [-0.1, -0.05) is 0 Å². The maximum Gasteiger partial charge on any atom is 0.227 e. The molecule has 4 rings (SSSR count). The molecule has 1 saturated heterocycles. The van der Waals surface area contributed by atoms with Crippen molar-refractivity contribution in [2.45, 2.75) is 39.3 Å². The van der Waals surface area contributed by atoms with Gasteiger partial charge in [0, 0.05) is 36.5 Å². The summed E-state index contributed by atoms with van der Waals surface area (Å²) in [6.07, 6.45) is 3.86. The molecule has 152 valence electrons. The predicted molar refractivity (Wildman–Crippen MR) is 113 cm³/mol. The lowest BCUT2D eigenvalue weighted by Crippen LogP contribution is -2.26. The molecule has 1 unspecified atom stereocenters. The van der Waals surface area contributed by atoms with E-state index in [-0.39, 0.29) is 17.8 Å². The number of halogens is 1. The Morgan fingerprint density at radius 3 is 2.59 bits per heavy atom. The third-order valence-corrected chi connectivity index (χ3v) is 5.20. The van der Waals surface area contributed by atoms with Gasteiger partial charge in [0.25, 0.3) is 0 Å². The Morgan fingerprint density at radius 1 is 1.17 bits per heavy atom. The quantitative estimate of drug-likeness (QED) is 0.686. The van der Waals surface area contributed by atoms with Gasteiger partial charge in [0.2, 0.25) is 5.95 Å². The van der Waals surface area contributed by atoms with Gasteiger partial charge in [-0.15, -0.1) is 0 Å². The fraction of sp³-hybridized carbons (Fsp3) is 0.381. The molecule has 0 saturated carbocycles. The monoisotopic (exact) mass is 395 g/mol. The summed E-state index contributed by atoms with van der Waals surface area (Å²) in [4.78, 5) is 15.1. The van der Waals surface area contributed by atoms with Crippen molar-refractivity contribution in [2.24, 2.45) is 5.73 Å². The first kappa shape index (κ1) is 19.3. The number of benzene rings is 1. The smallest absolute Gasteiger partial charge is 0.227 e. The van der Waals surface area contributed by atoms with Crippen LogP contribution in [0.2, 0.25) is 0 Å². The van der Waals surface area contributed by atoms with Gasteiger partial charge >= 0.3 is 0 Å². The first-order valence-corrected chi connectivity index (χ1v) is 9.86. The molecule has 7 nitrogen and oxygen atoms in total. The summed E-state index contributed by atoms with van der Waals surface area (Å²) in [5.41, 5.74) is 8.84. The van der Waals surface area contributed by atoms with Crippen LogP contribution in [-0.4, -0.2) is 38.7 Å². The van der Waals surface area contributed by atoms with Crippen LogP contribution in [-0.2, 0) is 0 Å². The van der Waals surface area contributed by atoms with Gasteiger partial charge in [-0.25, -0.2) is 19.3 Å². The van der Waals surface area contributed by atoms with Crippen molar-refractivity contribution < 1.29 is 4.39 Å². The minimum Gasteiger partial charge on any atom is -0.370 e. The first-order valence-electron chi connectivity index (χ1n) is 9.86. The van der Waals surface area contributed by atoms with Crippen molar-refractivity contribution in [1.82, 2.24) is 19.5 Å².